The van der Waals surface area contributed by atoms with E-state index in [1.54, 1.807) is 4.68 Å². The third-order valence-electron chi connectivity index (χ3n) is 3.47. The van der Waals surface area contributed by atoms with Crippen LogP contribution in [0, 0.1) is 0 Å². The molecule has 100 valence electrons. The van der Waals surface area contributed by atoms with Gasteiger partial charge in [-0.25, -0.2) is 0 Å². The molecule has 1 aliphatic heterocycles. The zero-order valence-electron chi connectivity index (χ0n) is 10.8. The van der Waals surface area contributed by atoms with Gasteiger partial charge in [0.1, 0.15) is 17.6 Å². The van der Waals surface area contributed by atoms with Gasteiger partial charge in [-0.05, 0) is 30.5 Å². The Balaban J connectivity index is 2.13. The lowest BCUT2D eigenvalue weighted by Gasteiger charge is -2.09. The maximum Gasteiger partial charge on any atom is 0.129 e. The second-order valence-electron chi connectivity index (χ2n) is 4.78. The molecule has 3 rings (SSSR count). The summed E-state index contributed by atoms with van der Waals surface area (Å²) in [5, 5.41) is 4.55. The lowest BCUT2D eigenvalue weighted by molar-refractivity contribution is 0.108. The molecule has 4 nitrogen and oxygen atoms in total. The van der Waals surface area contributed by atoms with Crippen molar-refractivity contribution < 1.29 is 4.74 Å². The Morgan fingerprint density at radius 3 is 3.00 bits per heavy atom. The van der Waals surface area contributed by atoms with Crippen LogP contribution >= 0.6 is 15.9 Å². The molecule has 1 saturated heterocycles. The number of hydrogen-bond donors (Lipinski definition) is 1. The predicted molar refractivity (Wildman–Crippen MR) is 78.7 cm³/mol. The normalized spacial score (nSPS) is 18.9. The summed E-state index contributed by atoms with van der Waals surface area (Å²) in [6, 6.07) is 8.12. The number of aromatic nitrogens is 2. The van der Waals surface area contributed by atoms with E-state index in [9.17, 15) is 0 Å². The molecule has 5 heteroatoms. The average molecular weight is 322 g/mol. The van der Waals surface area contributed by atoms with Crippen LogP contribution in [-0.2, 0) is 11.8 Å². The SMILES string of the molecule is Cn1nc(C2CCCO2)c(-c2cccc(Br)c2)c1N. The quantitative estimate of drug-likeness (QED) is 0.923. The van der Waals surface area contributed by atoms with Gasteiger partial charge in [-0.1, -0.05) is 28.1 Å². The summed E-state index contributed by atoms with van der Waals surface area (Å²) in [6.45, 7) is 0.805. The zero-order chi connectivity index (χ0) is 13.4. The third kappa shape index (κ3) is 2.28. The fourth-order valence-electron chi connectivity index (χ4n) is 2.52. The second-order valence-corrected chi connectivity index (χ2v) is 5.70. The summed E-state index contributed by atoms with van der Waals surface area (Å²) >= 11 is 3.50. The molecule has 0 amide bonds. The van der Waals surface area contributed by atoms with Crippen LogP contribution in [-0.4, -0.2) is 16.4 Å². The molecule has 2 aromatic rings. The van der Waals surface area contributed by atoms with Gasteiger partial charge in [0.15, 0.2) is 0 Å². The summed E-state index contributed by atoms with van der Waals surface area (Å²) in [5.41, 5.74) is 9.21. The van der Waals surface area contributed by atoms with Crippen LogP contribution in [0.25, 0.3) is 11.1 Å². The topological polar surface area (TPSA) is 53.1 Å². The lowest BCUT2D eigenvalue weighted by atomic mass is 10.0. The summed E-state index contributed by atoms with van der Waals surface area (Å²) < 4.78 is 8.52. The summed E-state index contributed by atoms with van der Waals surface area (Å²) in [6.07, 6.45) is 2.16. The molecular weight excluding hydrogens is 306 g/mol. The Morgan fingerprint density at radius 2 is 2.32 bits per heavy atom. The van der Waals surface area contributed by atoms with Gasteiger partial charge in [0.2, 0.25) is 0 Å². The van der Waals surface area contributed by atoms with E-state index in [4.69, 9.17) is 10.5 Å². The number of benzene rings is 1. The molecule has 1 aromatic heterocycles. The van der Waals surface area contributed by atoms with Crippen LogP contribution in [0.2, 0.25) is 0 Å². The van der Waals surface area contributed by atoms with Crippen molar-refractivity contribution in [3.05, 3.63) is 34.4 Å². The van der Waals surface area contributed by atoms with E-state index in [0.717, 1.165) is 40.7 Å². The number of nitrogens with two attached hydrogens (primary N) is 1. The van der Waals surface area contributed by atoms with Gasteiger partial charge in [0.25, 0.3) is 0 Å². The molecule has 2 N–H and O–H groups in total. The minimum absolute atomic E-state index is 0.0671. The Morgan fingerprint density at radius 1 is 1.47 bits per heavy atom. The van der Waals surface area contributed by atoms with Gasteiger partial charge in [-0.3, -0.25) is 4.68 Å². The third-order valence-corrected chi connectivity index (χ3v) is 3.96. The first kappa shape index (κ1) is 12.7. The molecule has 1 atom stereocenters. The van der Waals surface area contributed by atoms with E-state index in [0.29, 0.717) is 5.82 Å². The van der Waals surface area contributed by atoms with Gasteiger partial charge in [-0.15, -0.1) is 0 Å². The number of nitrogen functional groups attached to an aromatic ring is 1. The summed E-state index contributed by atoms with van der Waals surface area (Å²) in [7, 11) is 1.87. The van der Waals surface area contributed by atoms with Crippen LogP contribution in [0.5, 0.6) is 0 Å². The number of hydrogen-bond acceptors (Lipinski definition) is 3. The van der Waals surface area contributed by atoms with Crippen LogP contribution < -0.4 is 5.73 Å². The minimum atomic E-state index is 0.0671. The summed E-state index contributed by atoms with van der Waals surface area (Å²) in [5.74, 6) is 0.684. The van der Waals surface area contributed by atoms with Crippen molar-refractivity contribution in [2.45, 2.75) is 18.9 Å². The fourth-order valence-corrected chi connectivity index (χ4v) is 2.92. The fraction of sp³-hybridized carbons (Fsp3) is 0.357. The number of ether oxygens (including phenoxy) is 1. The first-order valence-electron chi connectivity index (χ1n) is 6.36. The first-order chi connectivity index (χ1) is 9.16. The lowest BCUT2D eigenvalue weighted by Crippen LogP contribution is -2.00. The highest BCUT2D eigenvalue weighted by Crippen LogP contribution is 2.38. The highest BCUT2D eigenvalue weighted by molar-refractivity contribution is 9.10. The Labute approximate surface area is 120 Å². The number of rotatable bonds is 2. The minimum Gasteiger partial charge on any atom is -0.383 e. The molecule has 0 spiro atoms. The average Bonchev–Trinajstić information content (AvgIpc) is 2.99. The molecule has 0 bridgehead atoms. The van der Waals surface area contributed by atoms with Gasteiger partial charge < -0.3 is 10.5 Å². The van der Waals surface area contributed by atoms with Crippen molar-refractivity contribution in [1.82, 2.24) is 9.78 Å². The predicted octanol–water partition coefficient (Wildman–Crippen LogP) is 3.28. The molecule has 0 radical (unpaired) electrons. The molecule has 2 heterocycles. The standard InChI is InChI=1S/C14H16BrN3O/c1-18-14(16)12(9-4-2-5-10(15)8-9)13(17-18)11-6-3-7-19-11/h2,4-5,8,11H,3,6-7,16H2,1H3. The van der Waals surface area contributed by atoms with Crippen molar-refractivity contribution >= 4 is 21.7 Å². The smallest absolute Gasteiger partial charge is 0.129 e. The van der Waals surface area contributed by atoms with Crippen LogP contribution in [0.4, 0.5) is 5.82 Å². The van der Waals surface area contributed by atoms with Crippen molar-refractivity contribution in [2.75, 3.05) is 12.3 Å². The molecule has 1 fully saturated rings. The highest BCUT2D eigenvalue weighted by atomic mass is 79.9. The van der Waals surface area contributed by atoms with E-state index in [2.05, 4.69) is 33.2 Å². The molecule has 19 heavy (non-hydrogen) atoms. The number of halogens is 1. The van der Waals surface area contributed by atoms with Gasteiger partial charge in [-0.2, -0.15) is 5.10 Å². The van der Waals surface area contributed by atoms with Gasteiger partial charge >= 0.3 is 0 Å². The van der Waals surface area contributed by atoms with Crippen LogP contribution in [0.15, 0.2) is 28.7 Å². The number of nitrogens with zero attached hydrogens (tertiary/aromatic N) is 2. The largest absolute Gasteiger partial charge is 0.383 e. The van der Waals surface area contributed by atoms with E-state index in [1.165, 1.54) is 0 Å². The highest BCUT2D eigenvalue weighted by Gasteiger charge is 2.26. The molecule has 1 unspecified atom stereocenters. The van der Waals surface area contributed by atoms with E-state index >= 15 is 0 Å². The van der Waals surface area contributed by atoms with Crippen molar-refractivity contribution in [1.29, 1.82) is 0 Å². The Kier molecular flexibility index (Phi) is 3.33. The Hall–Kier alpha value is -1.33. The second kappa shape index (κ2) is 4.98. The molecule has 0 saturated carbocycles. The van der Waals surface area contributed by atoms with E-state index in [-0.39, 0.29) is 6.10 Å². The van der Waals surface area contributed by atoms with E-state index in [1.807, 2.05) is 19.2 Å². The zero-order valence-corrected chi connectivity index (χ0v) is 12.4. The van der Waals surface area contributed by atoms with Crippen LogP contribution in [0.3, 0.4) is 0 Å². The van der Waals surface area contributed by atoms with E-state index < -0.39 is 0 Å². The first-order valence-corrected chi connectivity index (χ1v) is 7.16. The maximum atomic E-state index is 6.18. The monoisotopic (exact) mass is 321 g/mol. The van der Waals surface area contributed by atoms with Gasteiger partial charge in [0.05, 0.1) is 0 Å². The van der Waals surface area contributed by atoms with Crippen LogP contribution in [0.1, 0.15) is 24.6 Å². The number of aryl methyl sites for hydroxylation is 1. The maximum absolute atomic E-state index is 6.18. The molecular formula is C14H16BrN3O. The van der Waals surface area contributed by atoms with Crippen molar-refractivity contribution in [3.8, 4) is 11.1 Å². The number of anilines is 1. The van der Waals surface area contributed by atoms with Crippen molar-refractivity contribution in [3.63, 3.8) is 0 Å². The molecule has 1 aliphatic rings. The molecule has 0 aliphatic carbocycles. The Bertz CT molecular complexity index is 603. The van der Waals surface area contributed by atoms with Gasteiger partial charge in [0, 0.05) is 23.7 Å². The molecule has 1 aromatic carbocycles. The van der Waals surface area contributed by atoms with Crippen molar-refractivity contribution in [2.24, 2.45) is 7.05 Å². The summed E-state index contributed by atoms with van der Waals surface area (Å²) in [4.78, 5) is 0.